The molecule has 0 amide bonds. The Morgan fingerprint density at radius 3 is 2.06 bits per heavy atom. The average molecular weight is 278 g/mol. The zero-order valence-corrected chi connectivity index (χ0v) is 10.6. The number of Topliss-reactive ketones (excluding diaryl/α,β-unsaturated/α-hetero) is 2. The van der Waals surface area contributed by atoms with Crippen LogP contribution in [0.2, 0.25) is 0 Å². The lowest BCUT2D eigenvalue weighted by atomic mass is 9.99. The van der Waals surface area contributed by atoms with Gasteiger partial charge in [0.15, 0.2) is 0 Å². The summed E-state index contributed by atoms with van der Waals surface area (Å²) in [5.74, 6) is -4.33. The minimum atomic E-state index is -1.42. The molecule has 1 unspecified atom stereocenters. The molecule has 0 heterocycles. The van der Waals surface area contributed by atoms with E-state index in [1.807, 2.05) is 9.39 Å². The molecule has 18 heavy (non-hydrogen) atoms. The Morgan fingerprint density at radius 2 is 1.67 bits per heavy atom. The third kappa shape index (κ3) is 5.81. The highest BCUT2D eigenvalue weighted by Crippen LogP contribution is 2.04. The molecule has 0 aliphatic rings. The van der Waals surface area contributed by atoms with Crippen LogP contribution < -0.4 is 10.8 Å². The van der Waals surface area contributed by atoms with Gasteiger partial charge in [0.2, 0.25) is 11.6 Å². The van der Waals surface area contributed by atoms with Crippen LogP contribution in [0, 0.1) is 0 Å². The maximum absolute atomic E-state index is 11.6. The topological polar surface area (TPSA) is 147 Å². The highest BCUT2D eigenvalue weighted by Gasteiger charge is 2.29. The van der Waals surface area contributed by atoms with Crippen LogP contribution in [0.1, 0.15) is 19.3 Å². The van der Waals surface area contributed by atoms with Crippen molar-refractivity contribution in [3.8, 4) is 0 Å². The number of carbonyl (C=O) groups is 4. The van der Waals surface area contributed by atoms with Crippen molar-refractivity contribution in [3.05, 3.63) is 0 Å². The van der Waals surface area contributed by atoms with E-state index in [-0.39, 0.29) is 12.8 Å². The molecule has 0 aliphatic carbocycles. The van der Waals surface area contributed by atoms with Crippen molar-refractivity contribution in [1.29, 1.82) is 0 Å². The molecule has 0 aromatic carbocycles. The summed E-state index contributed by atoms with van der Waals surface area (Å²) in [5.41, 5.74) is 5.27. The van der Waals surface area contributed by atoms with Gasteiger partial charge in [-0.25, -0.2) is 0 Å². The summed E-state index contributed by atoms with van der Waals surface area (Å²) in [6.45, 7) is 0. The van der Waals surface area contributed by atoms with Crippen molar-refractivity contribution in [2.45, 2.75) is 31.3 Å². The van der Waals surface area contributed by atoms with E-state index in [0.717, 1.165) is 0 Å². The zero-order chi connectivity index (χ0) is 14.3. The fourth-order valence-corrected chi connectivity index (χ4v) is 1.51. The van der Waals surface area contributed by atoms with Crippen molar-refractivity contribution >= 4 is 32.9 Å². The number of carbonyl (C=O) groups excluding carboxylic acids is 2. The predicted molar refractivity (Wildman–Crippen MR) is 63.7 cm³/mol. The molecule has 0 saturated carbocycles. The van der Waals surface area contributed by atoms with E-state index >= 15 is 0 Å². The molecule has 102 valence electrons. The maximum atomic E-state index is 11.6. The SMILES string of the molecule is N[C@@H](CC(=O)O)C(=O)C(=O)[C@H](CCC(=O)O)NP. The molecular formula is C9H15N2O6P. The van der Waals surface area contributed by atoms with Gasteiger partial charge in [-0.1, -0.05) is 9.39 Å². The third-order valence-electron chi connectivity index (χ3n) is 2.14. The molecular weight excluding hydrogens is 263 g/mol. The fraction of sp³-hybridized carbons (Fsp3) is 0.556. The molecule has 8 nitrogen and oxygen atoms in total. The number of aliphatic carboxylic acids is 2. The second kappa shape index (κ2) is 7.86. The summed E-state index contributed by atoms with van der Waals surface area (Å²) in [4.78, 5) is 43.8. The van der Waals surface area contributed by atoms with Crippen LogP contribution in [0.15, 0.2) is 0 Å². The Morgan fingerprint density at radius 1 is 1.11 bits per heavy atom. The van der Waals surface area contributed by atoms with Gasteiger partial charge in [0, 0.05) is 6.42 Å². The molecule has 0 fully saturated rings. The van der Waals surface area contributed by atoms with Crippen LogP contribution >= 0.6 is 9.39 Å². The molecule has 0 aromatic rings. The van der Waals surface area contributed by atoms with Crippen molar-refractivity contribution in [2.75, 3.05) is 0 Å². The first-order valence-corrected chi connectivity index (χ1v) is 5.60. The van der Waals surface area contributed by atoms with Gasteiger partial charge < -0.3 is 15.9 Å². The normalized spacial score (nSPS) is 13.7. The van der Waals surface area contributed by atoms with E-state index in [4.69, 9.17) is 15.9 Å². The Labute approximate surface area is 105 Å². The summed E-state index contributed by atoms with van der Waals surface area (Å²) in [6.07, 6.45) is -1.02. The fourth-order valence-electron chi connectivity index (χ4n) is 1.19. The van der Waals surface area contributed by atoms with Crippen LogP contribution in [-0.2, 0) is 19.2 Å². The summed E-state index contributed by atoms with van der Waals surface area (Å²) in [7, 11) is 2.01. The second-order valence-corrected chi connectivity index (χ2v) is 3.92. The maximum Gasteiger partial charge on any atom is 0.305 e. The molecule has 3 atom stereocenters. The molecule has 0 spiro atoms. The van der Waals surface area contributed by atoms with Crippen LogP contribution in [0.3, 0.4) is 0 Å². The highest BCUT2D eigenvalue weighted by atomic mass is 31.0. The first kappa shape index (κ1) is 16.6. The quantitative estimate of drug-likeness (QED) is 0.295. The lowest BCUT2D eigenvalue weighted by Gasteiger charge is -2.14. The van der Waals surface area contributed by atoms with Crippen LogP contribution in [0.5, 0.6) is 0 Å². The first-order valence-electron chi connectivity index (χ1n) is 5.03. The number of hydrogen-bond acceptors (Lipinski definition) is 6. The van der Waals surface area contributed by atoms with Gasteiger partial charge in [-0.3, -0.25) is 24.3 Å². The summed E-state index contributed by atoms with van der Waals surface area (Å²) < 4.78 is 0. The minimum Gasteiger partial charge on any atom is -0.481 e. The Kier molecular flexibility index (Phi) is 7.26. The van der Waals surface area contributed by atoms with E-state index in [2.05, 4.69) is 5.09 Å². The van der Waals surface area contributed by atoms with Crippen molar-refractivity contribution in [1.82, 2.24) is 5.09 Å². The number of carboxylic acid groups (broad SMARTS) is 2. The number of rotatable bonds is 9. The molecule has 0 aromatic heterocycles. The predicted octanol–water partition coefficient (Wildman–Crippen LogP) is -1.46. The van der Waals surface area contributed by atoms with Crippen LogP contribution in [0.25, 0.3) is 0 Å². The van der Waals surface area contributed by atoms with E-state index < -0.39 is 42.0 Å². The van der Waals surface area contributed by atoms with Gasteiger partial charge in [-0.2, -0.15) is 0 Å². The Hall–Kier alpha value is -1.37. The van der Waals surface area contributed by atoms with E-state index in [1.54, 1.807) is 0 Å². The first-order chi connectivity index (χ1) is 8.29. The zero-order valence-electron chi connectivity index (χ0n) is 9.46. The van der Waals surface area contributed by atoms with Gasteiger partial charge in [-0.15, -0.1) is 0 Å². The monoisotopic (exact) mass is 278 g/mol. The molecule has 0 saturated heterocycles. The Balaban J connectivity index is 4.53. The summed E-state index contributed by atoms with van der Waals surface area (Å²) >= 11 is 0. The molecule has 9 heteroatoms. The number of ketones is 2. The summed E-state index contributed by atoms with van der Waals surface area (Å²) in [6, 6.07) is -2.42. The molecule has 0 bridgehead atoms. The number of nitrogens with one attached hydrogen (secondary N) is 1. The number of nitrogens with two attached hydrogens (primary N) is 1. The summed E-state index contributed by atoms with van der Waals surface area (Å²) in [5, 5.41) is 19.3. The van der Waals surface area contributed by atoms with Gasteiger partial charge >= 0.3 is 11.9 Å². The van der Waals surface area contributed by atoms with E-state index in [0.29, 0.717) is 0 Å². The molecule has 0 rings (SSSR count). The highest BCUT2D eigenvalue weighted by molar-refractivity contribution is 7.13. The van der Waals surface area contributed by atoms with Crippen LogP contribution in [-0.4, -0.2) is 45.8 Å². The smallest absolute Gasteiger partial charge is 0.305 e. The number of hydrogen-bond donors (Lipinski definition) is 4. The van der Waals surface area contributed by atoms with Crippen molar-refractivity contribution < 1.29 is 29.4 Å². The van der Waals surface area contributed by atoms with Crippen LogP contribution in [0.4, 0.5) is 0 Å². The third-order valence-corrected chi connectivity index (χ3v) is 2.54. The Bertz CT molecular complexity index is 359. The lowest BCUT2D eigenvalue weighted by Crippen LogP contribution is -2.45. The molecule has 0 aliphatic heterocycles. The van der Waals surface area contributed by atoms with Gasteiger partial charge in [0.05, 0.1) is 18.5 Å². The van der Waals surface area contributed by atoms with Crippen molar-refractivity contribution in [3.63, 3.8) is 0 Å². The van der Waals surface area contributed by atoms with E-state index in [1.165, 1.54) is 0 Å². The average Bonchev–Trinajstić information content (AvgIpc) is 2.27. The van der Waals surface area contributed by atoms with Crippen molar-refractivity contribution in [2.24, 2.45) is 5.73 Å². The van der Waals surface area contributed by atoms with Gasteiger partial charge in [0.1, 0.15) is 0 Å². The lowest BCUT2D eigenvalue weighted by molar-refractivity contribution is -0.142. The molecule has 0 radical (unpaired) electrons. The van der Waals surface area contributed by atoms with Gasteiger partial charge in [-0.05, 0) is 6.42 Å². The number of carboxylic acids is 2. The minimum absolute atomic E-state index is 0.0802. The second-order valence-electron chi connectivity index (χ2n) is 3.58. The standard InChI is InChI=1S/C9H15N2O6P/c10-4(3-7(14)15)8(16)9(17)5(11-18)1-2-6(12)13/h4-5,11H,1-3,10,18H2,(H,12,13)(H,14,15)/t4-,5-/m0/s1. The van der Waals surface area contributed by atoms with E-state index in [9.17, 15) is 19.2 Å². The van der Waals surface area contributed by atoms with Gasteiger partial charge in [0.25, 0.3) is 0 Å². The molecule has 5 N–H and O–H groups in total. The largest absolute Gasteiger partial charge is 0.481 e.